The molecule has 0 radical (unpaired) electrons. The Hall–Kier alpha value is -5.20. The lowest BCUT2D eigenvalue weighted by atomic mass is 10.0. The minimum absolute atomic E-state index is 0.0294. The van der Waals surface area contributed by atoms with E-state index < -0.39 is 41.8 Å². The lowest BCUT2D eigenvalue weighted by Crippen LogP contribution is -2.49. The number of benzene rings is 2. The molecule has 0 saturated carbocycles. The molecule has 0 bridgehead atoms. The topological polar surface area (TPSA) is 164 Å². The molecule has 48 heavy (non-hydrogen) atoms. The maximum absolute atomic E-state index is 13.7. The molecule has 0 saturated heterocycles. The smallest absolute Gasteiger partial charge is 0.255 e. The van der Waals surface area contributed by atoms with E-state index in [0.29, 0.717) is 31.5 Å². The monoisotopic (exact) mass is 659 g/mol. The second-order valence-corrected chi connectivity index (χ2v) is 12.3. The molecule has 0 spiro atoms. The number of imidazole rings is 1. The van der Waals surface area contributed by atoms with Crippen LogP contribution >= 0.6 is 0 Å². The molecule has 5 amide bonds. The van der Waals surface area contributed by atoms with Gasteiger partial charge in [-0.05, 0) is 42.9 Å². The van der Waals surface area contributed by atoms with Gasteiger partial charge >= 0.3 is 0 Å². The van der Waals surface area contributed by atoms with Crippen molar-refractivity contribution in [3.8, 4) is 5.75 Å². The second kappa shape index (κ2) is 17.6. The first-order valence-corrected chi connectivity index (χ1v) is 16.3. The Labute approximate surface area is 280 Å². The molecule has 2 heterocycles. The minimum atomic E-state index is -1.07. The zero-order valence-corrected chi connectivity index (χ0v) is 27.7. The molecular formula is C35H45N7O6. The number of carbonyl (C=O) groups is 5. The van der Waals surface area contributed by atoms with Gasteiger partial charge in [-0.1, -0.05) is 56.3 Å². The van der Waals surface area contributed by atoms with Crippen molar-refractivity contribution < 1.29 is 28.7 Å². The van der Waals surface area contributed by atoms with E-state index in [0.717, 1.165) is 0 Å². The normalized spacial score (nSPS) is 20.0. The van der Waals surface area contributed by atoms with E-state index in [4.69, 9.17) is 4.74 Å². The van der Waals surface area contributed by atoms with E-state index in [9.17, 15) is 24.0 Å². The number of ether oxygens (including phenoxy) is 1. The van der Waals surface area contributed by atoms with Crippen LogP contribution in [0.5, 0.6) is 5.75 Å². The molecule has 256 valence electrons. The van der Waals surface area contributed by atoms with Gasteiger partial charge in [0.15, 0.2) is 0 Å². The summed E-state index contributed by atoms with van der Waals surface area (Å²) in [6, 6.07) is 12.9. The Balaban J connectivity index is 1.59. The zero-order chi connectivity index (χ0) is 34.5. The van der Waals surface area contributed by atoms with Crippen LogP contribution in [0.2, 0.25) is 0 Å². The number of aryl methyl sites for hydroxylation is 1. The van der Waals surface area contributed by atoms with E-state index in [-0.39, 0.29) is 49.1 Å². The van der Waals surface area contributed by atoms with Crippen LogP contribution in [0, 0.1) is 5.92 Å². The molecule has 0 unspecified atom stereocenters. The summed E-state index contributed by atoms with van der Waals surface area (Å²) in [5.74, 6) is -1.84. The number of nitrogens with zero attached hydrogens (tertiary/aromatic N) is 3. The molecule has 3 atom stereocenters. The largest absolute Gasteiger partial charge is 0.491 e. The SMILES string of the molecule is CC(C)C[C@H]1COc2ccccc2C(=O)N[C@H](C(=O)NCCCn2ccnc2)CCC(=O)N[C@@H](c2ccccc2)C(=O)N(C)CC(=O)N1. The van der Waals surface area contributed by atoms with Crippen LogP contribution in [-0.4, -0.2) is 82.8 Å². The fraction of sp³-hybridized carbons (Fsp3) is 0.429. The number of aromatic nitrogens is 2. The highest BCUT2D eigenvalue weighted by Crippen LogP contribution is 2.20. The molecule has 1 aliphatic heterocycles. The molecule has 2 aromatic carbocycles. The highest BCUT2D eigenvalue weighted by molar-refractivity contribution is 6.00. The van der Waals surface area contributed by atoms with Crippen LogP contribution in [0.1, 0.15) is 61.5 Å². The maximum Gasteiger partial charge on any atom is 0.255 e. The number of likely N-dealkylation sites (N-methyl/N-ethyl adjacent to an activating group) is 1. The summed E-state index contributed by atoms with van der Waals surface area (Å²) < 4.78 is 7.98. The standard InChI is InChI=1S/C35H45N7O6/c1-24(2)20-26-22-48-29-13-8-7-12-27(29)33(45)39-28(34(46)37-16-9-18-42-19-17-36-23-42)14-15-30(43)40-32(25-10-5-4-6-11-25)35(47)41(3)21-31(44)38-26/h4-8,10-13,17,19,23-24,26,28,32H,9,14-16,18,20-22H2,1-3H3,(H,37,46)(H,38,44)(H,39,45)(H,40,43)/t26-,28-,32-/m0/s1. The Morgan fingerprint density at radius 1 is 1.00 bits per heavy atom. The molecule has 13 heteroatoms. The van der Waals surface area contributed by atoms with Crippen molar-refractivity contribution in [2.75, 3.05) is 26.7 Å². The lowest BCUT2D eigenvalue weighted by molar-refractivity contribution is -0.138. The van der Waals surface area contributed by atoms with E-state index in [2.05, 4.69) is 26.3 Å². The van der Waals surface area contributed by atoms with E-state index in [1.807, 2.05) is 24.6 Å². The van der Waals surface area contributed by atoms with Crippen molar-refractivity contribution in [2.24, 2.45) is 5.92 Å². The van der Waals surface area contributed by atoms with Gasteiger partial charge in [0.2, 0.25) is 23.6 Å². The number of amides is 5. The van der Waals surface area contributed by atoms with Gasteiger partial charge in [0.05, 0.1) is 24.5 Å². The maximum atomic E-state index is 13.7. The summed E-state index contributed by atoms with van der Waals surface area (Å²) in [7, 11) is 1.51. The third-order valence-electron chi connectivity index (χ3n) is 7.87. The Morgan fingerprint density at radius 3 is 2.48 bits per heavy atom. The van der Waals surface area contributed by atoms with E-state index >= 15 is 0 Å². The van der Waals surface area contributed by atoms with Crippen LogP contribution in [0.25, 0.3) is 0 Å². The van der Waals surface area contributed by atoms with Crippen molar-refractivity contribution in [2.45, 2.75) is 64.2 Å². The molecule has 0 aliphatic carbocycles. The highest BCUT2D eigenvalue weighted by Gasteiger charge is 2.29. The third-order valence-corrected chi connectivity index (χ3v) is 7.87. The predicted octanol–water partition coefficient (Wildman–Crippen LogP) is 2.21. The van der Waals surface area contributed by atoms with Crippen LogP contribution in [0.15, 0.2) is 73.3 Å². The number of rotatable bonds is 8. The first-order valence-electron chi connectivity index (χ1n) is 16.3. The fourth-order valence-electron chi connectivity index (χ4n) is 5.46. The quantitative estimate of drug-likeness (QED) is 0.270. The van der Waals surface area contributed by atoms with Crippen molar-refractivity contribution in [1.82, 2.24) is 35.7 Å². The number of carbonyl (C=O) groups excluding carboxylic acids is 5. The molecular weight excluding hydrogens is 614 g/mol. The summed E-state index contributed by atoms with van der Waals surface area (Å²) in [6.45, 7) is 4.86. The Morgan fingerprint density at radius 2 is 1.75 bits per heavy atom. The summed E-state index contributed by atoms with van der Waals surface area (Å²) in [6.07, 6.45) is 6.22. The van der Waals surface area contributed by atoms with Gasteiger partial charge in [0.25, 0.3) is 5.91 Å². The minimum Gasteiger partial charge on any atom is -0.491 e. The summed E-state index contributed by atoms with van der Waals surface area (Å²) >= 11 is 0. The zero-order valence-electron chi connectivity index (χ0n) is 27.7. The summed E-state index contributed by atoms with van der Waals surface area (Å²) in [4.78, 5) is 72.4. The molecule has 1 aliphatic rings. The van der Waals surface area contributed by atoms with Crippen LogP contribution in [0.4, 0.5) is 0 Å². The van der Waals surface area contributed by atoms with Gasteiger partial charge < -0.3 is 35.5 Å². The van der Waals surface area contributed by atoms with Gasteiger partial charge in [-0.25, -0.2) is 4.98 Å². The molecule has 4 N–H and O–H groups in total. The van der Waals surface area contributed by atoms with Crippen LogP contribution in [0.3, 0.4) is 0 Å². The van der Waals surface area contributed by atoms with Crippen molar-refractivity contribution in [1.29, 1.82) is 0 Å². The van der Waals surface area contributed by atoms with Gasteiger partial charge in [-0.15, -0.1) is 0 Å². The number of hydrogen-bond acceptors (Lipinski definition) is 7. The molecule has 13 nitrogen and oxygen atoms in total. The first kappa shape index (κ1) is 35.7. The number of para-hydroxylation sites is 1. The van der Waals surface area contributed by atoms with Gasteiger partial charge in [0, 0.05) is 39.0 Å². The average Bonchev–Trinajstić information content (AvgIpc) is 3.59. The van der Waals surface area contributed by atoms with E-state index in [1.165, 1.54) is 11.9 Å². The first-order chi connectivity index (χ1) is 23.1. The van der Waals surface area contributed by atoms with Crippen molar-refractivity contribution in [3.05, 3.63) is 84.4 Å². The fourth-order valence-corrected chi connectivity index (χ4v) is 5.46. The van der Waals surface area contributed by atoms with Gasteiger partial charge in [0.1, 0.15) is 24.4 Å². The molecule has 1 aromatic heterocycles. The third kappa shape index (κ3) is 10.7. The average molecular weight is 660 g/mol. The molecule has 3 aromatic rings. The number of hydrogen-bond donors (Lipinski definition) is 4. The van der Waals surface area contributed by atoms with Crippen molar-refractivity contribution in [3.63, 3.8) is 0 Å². The van der Waals surface area contributed by atoms with Crippen LogP contribution in [-0.2, 0) is 25.7 Å². The Kier molecular flexibility index (Phi) is 13.1. The summed E-state index contributed by atoms with van der Waals surface area (Å²) in [5, 5.41) is 11.4. The molecule has 0 fully saturated rings. The summed E-state index contributed by atoms with van der Waals surface area (Å²) in [5.41, 5.74) is 0.755. The lowest BCUT2D eigenvalue weighted by Gasteiger charge is -2.27. The number of fused-ring (bicyclic) bond motifs is 1. The van der Waals surface area contributed by atoms with Gasteiger partial charge in [-0.3, -0.25) is 24.0 Å². The Bertz CT molecular complexity index is 1530. The number of nitrogens with one attached hydrogen (secondary N) is 4. The second-order valence-electron chi connectivity index (χ2n) is 12.3. The molecule has 4 rings (SSSR count). The predicted molar refractivity (Wildman–Crippen MR) is 179 cm³/mol. The van der Waals surface area contributed by atoms with Gasteiger partial charge in [-0.2, -0.15) is 0 Å². The van der Waals surface area contributed by atoms with Crippen LogP contribution < -0.4 is 26.0 Å². The highest BCUT2D eigenvalue weighted by atomic mass is 16.5. The van der Waals surface area contributed by atoms with E-state index in [1.54, 1.807) is 67.1 Å². The van der Waals surface area contributed by atoms with Crippen molar-refractivity contribution >= 4 is 29.5 Å².